The number of amides is 11. The molecule has 1 unspecified atom stereocenters. The van der Waals surface area contributed by atoms with Crippen molar-refractivity contribution >= 4 is 65.0 Å². The van der Waals surface area contributed by atoms with Crippen molar-refractivity contribution in [2.45, 2.75) is 183 Å². The first-order valence-corrected chi connectivity index (χ1v) is 29.7. The van der Waals surface area contributed by atoms with Crippen LogP contribution in [0.15, 0.2) is 42.5 Å². The van der Waals surface area contributed by atoms with E-state index in [4.69, 9.17) is 5.73 Å². The second-order valence-electron chi connectivity index (χ2n) is 24.5. The number of nitrogens with zero attached hydrogens (tertiary/aromatic N) is 7. The smallest absolute Gasteiger partial charge is 0.246 e. The Hall–Kier alpha value is -6.91. The molecule has 1 aromatic carbocycles. The fourth-order valence-corrected chi connectivity index (χ4v) is 9.94. The van der Waals surface area contributed by atoms with E-state index in [2.05, 4.69) is 16.0 Å². The topological polar surface area (TPSA) is 293 Å². The van der Waals surface area contributed by atoms with Crippen molar-refractivity contribution in [3.05, 3.63) is 48.0 Å². The maximum absolute atomic E-state index is 15.1. The summed E-state index contributed by atoms with van der Waals surface area (Å²) in [6.45, 7) is 23.7. The molecule has 1 aromatic rings. The van der Waals surface area contributed by atoms with E-state index in [1.54, 1.807) is 78.0 Å². The van der Waals surface area contributed by atoms with E-state index in [0.717, 1.165) is 15.4 Å². The Bertz CT molecular complexity index is 2450. The molecule has 0 bridgehead atoms. The molecule has 6 N–H and O–H groups in total. The number of nitrogens with two attached hydrogens (primary N) is 1. The van der Waals surface area contributed by atoms with Crippen LogP contribution in [0.5, 0.6) is 0 Å². The largest absolute Gasteiger partial charge is 0.390 e. The summed E-state index contributed by atoms with van der Waals surface area (Å²) in [5, 5.41) is 19.9. The van der Waals surface area contributed by atoms with Crippen molar-refractivity contribution in [3.8, 4) is 0 Å². The number of rotatable bonds is 34. The van der Waals surface area contributed by atoms with Gasteiger partial charge in [-0.25, -0.2) is 0 Å². The van der Waals surface area contributed by atoms with Crippen molar-refractivity contribution in [1.82, 2.24) is 50.2 Å². The van der Waals surface area contributed by atoms with Gasteiger partial charge in [0.2, 0.25) is 65.0 Å². The highest BCUT2D eigenvalue weighted by molar-refractivity contribution is 5.98. The van der Waals surface area contributed by atoms with Gasteiger partial charge in [-0.15, -0.1) is 0 Å². The van der Waals surface area contributed by atoms with Crippen LogP contribution in [-0.4, -0.2) is 221 Å². The lowest BCUT2D eigenvalue weighted by Crippen LogP contribution is -2.63. The Morgan fingerprint density at radius 3 is 1.51 bits per heavy atom. The number of carbonyl (C=O) groups excluding carboxylic acids is 11. The van der Waals surface area contributed by atoms with Gasteiger partial charge < -0.3 is 61.1 Å². The monoisotopic (exact) mass is 1200 g/mol. The van der Waals surface area contributed by atoms with Crippen LogP contribution in [0.25, 0.3) is 0 Å². The number of allylic oxidation sites excluding steroid dienone is 2. The zero-order valence-electron chi connectivity index (χ0n) is 54.8. The van der Waals surface area contributed by atoms with Gasteiger partial charge in [0.15, 0.2) is 0 Å². The summed E-state index contributed by atoms with van der Waals surface area (Å²) in [7, 11) is 9.95. The minimum absolute atomic E-state index is 0.0425. The molecular formula is C62H105N11O12. The minimum Gasteiger partial charge on any atom is -0.390 e. The van der Waals surface area contributed by atoms with E-state index in [1.165, 1.54) is 87.7 Å². The molecule has 23 nitrogen and oxygen atoms in total. The van der Waals surface area contributed by atoms with Crippen LogP contribution in [0.4, 0.5) is 0 Å². The Morgan fingerprint density at radius 1 is 0.541 bits per heavy atom. The Labute approximate surface area is 506 Å². The third-order valence-electron chi connectivity index (χ3n) is 15.8. The van der Waals surface area contributed by atoms with Crippen LogP contribution in [0, 0.1) is 35.5 Å². The minimum atomic E-state index is -1.61. The second kappa shape index (κ2) is 35.5. The predicted octanol–water partition coefficient (Wildman–Crippen LogP) is 2.67. The molecule has 1 rings (SSSR count). The van der Waals surface area contributed by atoms with Gasteiger partial charge in [-0.1, -0.05) is 119 Å². The van der Waals surface area contributed by atoms with Gasteiger partial charge >= 0.3 is 0 Å². The lowest BCUT2D eigenvalue weighted by Gasteiger charge is -2.41. The number of hydrogen-bond donors (Lipinski definition) is 5. The van der Waals surface area contributed by atoms with Crippen LogP contribution in [-0.2, 0) is 59.2 Å². The molecule has 0 spiro atoms. The number of aliphatic hydroxyl groups is 1. The fourth-order valence-electron chi connectivity index (χ4n) is 9.94. The highest BCUT2D eigenvalue weighted by atomic mass is 16.3. The van der Waals surface area contributed by atoms with E-state index in [0.29, 0.717) is 6.42 Å². The lowest BCUT2D eigenvalue weighted by molar-refractivity contribution is -0.157. The molecule has 0 heterocycles. The zero-order valence-corrected chi connectivity index (χ0v) is 54.8. The Kier molecular flexibility index (Phi) is 31.8. The molecule has 11 atom stereocenters. The molecule has 0 saturated heterocycles. The summed E-state index contributed by atoms with van der Waals surface area (Å²) in [5.74, 6) is -8.67. The summed E-state index contributed by atoms with van der Waals surface area (Å²) < 4.78 is 0. The first kappa shape index (κ1) is 76.1. The SMILES string of the molecule is C/C=C\C[C@@H](C)[C@H](O)C(C(=O)N[C@@H](CC)C(=O)N(C)CC(=O)N(C)[C@@H](Cc1ccccc1)C(N)=O)N(C)C(=O)[C@@H](C(C)C)N(C)C(=O)[C@@H](CC(C)C)N(C)C(=O)[C@@H](CC(C)C)N(C)C(=O)[C@H](C)NC(=O)[C@@H](C)NC(=O)CN(C)C(=O)[C@H](C)C(C)C. The Morgan fingerprint density at radius 2 is 1.04 bits per heavy atom. The summed E-state index contributed by atoms with van der Waals surface area (Å²) >= 11 is 0. The van der Waals surface area contributed by atoms with Crippen molar-refractivity contribution in [2.24, 2.45) is 41.2 Å². The predicted molar refractivity (Wildman–Crippen MR) is 327 cm³/mol. The van der Waals surface area contributed by atoms with E-state index >= 15 is 9.59 Å². The number of primary amides is 1. The molecule has 0 aliphatic carbocycles. The number of nitrogens with one attached hydrogen (secondary N) is 3. The number of aliphatic hydroxyl groups excluding tert-OH is 1. The molecule has 85 heavy (non-hydrogen) atoms. The average Bonchev–Trinajstić information content (AvgIpc) is 3.25. The molecule has 11 amide bonds. The highest BCUT2D eigenvalue weighted by Gasteiger charge is 2.45. The number of benzene rings is 1. The van der Waals surface area contributed by atoms with Gasteiger partial charge in [0.25, 0.3) is 0 Å². The van der Waals surface area contributed by atoms with Gasteiger partial charge in [-0.3, -0.25) is 52.7 Å². The van der Waals surface area contributed by atoms with Gasteiger partial charge in [-0.05, 0) is 81.6 Å². The molecular weight excluding hydrogens is 1090 g/mol. The molecule has 23 heteroatoms. The third-order valence-corrected chi connectivity index (χ3v) is 15.8. The Balaban J connectivity index is 3.57. The van der Waals surface area contributed by atoms with Crippen molar-refractivity contribution < 1.29 is 57.8 Å². The highest BCUT2D eigenvalue weighted by Crippen LogP contribution is 2.25. The van der Waals surface area contributed by atoms with E-state index in [1.807, 2.05) is 47.6 Å². The van der Waals surface area contributed by atoms with Crippen LogP contribution < -0.4 is 21.7 Å². The first-order chi connectivity index (χ1) is 39.4. The van der Waals surface area contributed by atoms with Crippen LogP contribution in [0.3, 0.4) is 0 Å². The summed E-state index contributed by atoms with van der Waals surface area (Å²) in [6.07, 6.45) is 2.87. The van der Waals surface area contributed by atoms with Crippen molar-refractivity contribution in [2.75, 3.05) is 62.4 Å². The quantitative estimate of drug-likeness (QED) is 0.0623. The molecule has 0 aromatic heterocycles. The van der Waals surface area contributed by atoms with Gasteiger partial charge in [0.05, 0.1) is 19.2 Å². The number of carbonyl (C=O) groups is 11. The summed E-state index contributed by atoms with van der Waals surface area (Å²) in [6, 6.07) is -0.686. The van der Waals surface area contributed by atoms with Crippen LogP contribution in [0.1, 0.15) is 128 Å². The maximum Gasteiger partial charge on any atom is 0.246 e. The van der Waals surface area contributed by atoms with Crippen LogP contribution in [0.2, 0.25) is 0 Å². The zero-order chi connectivity index (χ0) is 65.7. The van der Waals surface area contributed by atoms with Gasteiger partial charge in [0, 0.05) is 61.7 Å². The van der Waals surface area contributed by atoms with Crippen molar-refractivity contribution in [1.29, 1.82) is 0 Å². The van der Waals surface area contributed by atoms with Crippen molar-refractivity contribution in [3.63, 3.8) is 0 Å². The number of likely N-dealkylation sites (N-methyl/N-ethyl adjacent to an activating group) is 7. The average molecular weight is 1200 g/mol. The lowest BCUT2D eigenvalue weighted by atomic mass is 9.91. The second-order valence-corrected chi connectivity index (χ2v) is 24.5. The summed E-state index contributed by atoms with van der Waals surface area (Å²) in [5.41, 5.74) is 6.49. The normalized spacial score (nSPS) is 15.5. The molecule has 0 aliphatic rings. The molecule has 0 radical (unpaired) electrons. The summed E-state index contributed by atoms with van der Waals surface area (Å²) in [4.78, 5) is 161. The van der Waals surface area contributed by atoms with Gasteiger partial charge in [0.1, 0.15) is 48.3 Å². The van der Waals surface area contributed by atoms with E-state index in [9.17, 15) is 48.3 Å². The van der Waals surface area contributed by atoms with E-state index < -0.39 is 132 Å². The molecule has 0 saturated carbocycles. The standard InChI is InChI=1S/C62H105N11O12/c1-22-24-28-40(11)53(76)52(56(79)66-45(23-2)59(82)68(16)35-50(75)69(17)46(54(63)77)33-44-29-26-25-27-30-44)73(21)62(85)51(39(9)10)72(20)61(84)48(32-37(5)6)71(19)60(83)47(31-36(3)4)70(18)58(81)43(14)65-55(78)42(13)64-49(74)34-67(15)57(80)41(12)38(7)8/h22,24-27,29-30,36-43,45-48,51-53,76H,23,28,31-35H2,1-21H3,(H2,63,77)(H,64,74)(H,65,78)(H,66,79)/b24-22-/t40-,41-,42-,43+,45+,46+,47-,48-,51-,52?,53+/m1/s1. The van der Waals surface area contributed by atoms with E-state index in [-0.39, 0.29) is 61.8 Å². The van der Waals surface area contributed by atoms with Crippen LogP contribution >= 0.6 is 0 Å². The molecule has 480 valence electrons. The molecule has 0 fully saturated rings. The first-order valence-electron chi connectivity index (χ1n) is 29.7. The molecule has 0 aliphatic heterocycles. The maximum atomic E-state index is 15.1. The number of hydrogen-bond acceptors (Lipinski definition) is 12. The fraction of sp³-hybridized carbons (Fsp3) is 0.694. The van der Waals surface area contributed by atoms with Gasteiger partial charge in [-0.2, -0.15) is 0 Å². The third kappa shape index (κ3) is 22.5.